The predicted octanol–water partition coefficient (Wildman–Crippen LogP) is 4.93. The van der Waals surface area contributed by atoms with Crippen molar-refractivity contribution in [2.75, 3.05) is 13.0 Å². The van der Waals surface area contributed by atoms with Gasteiger partial charge in [-0.1, -0.05) is 50.6 Å². The Kier molecular flexibility index (Phi) is 13.1. The molecule has 2 rings (SSSR count). The minimum absolute atomic E-state index is 0.0726. The van der Waals surface area contributed by atoms with Gasteiger partial charge in [-0.15, -0.1) is 0 Å². The van der Waals surface area contributed by atoms with Gasteiger partial charge in [-0.2, -0.15) is 0 Å². The molecular weight excluding hydrogens is 556 g/mol. The Morgan fingerprint density at radius 2 is 1.38 bits per heavy atom. The summed E-state index contributed by atoms with van der Waals surface area (Å²) in [6, 6.07) is 9.42. The fourth-order valence-electron chi connectivity index (χ4n) is 3.70. The molecule has 218 valence electrons. The summed E-state index contributed by atoms with van der Waals surface area (Å²) in [7, 11) is 3.98. The monoisotopic (exact) mass is 592 g/mol. The van der Waals surface area contributed by atoms with E-state index in [9.17, 15) is 29.4 Å². The van der Waals surface area contributed by atoms with Gasteiger partial charge in [0.2, 0.25) is 0 Å². The van der Waals surface area contributed by atoms with Crippen LogP contribution in [0, 0.1) is 11.8 Å². The highest BCUT2D eigenvalue weighted by Gasteiger charge is 2.25. The Labute approximate surface area is 242 Å². The minimum Gasteiger partial charge on any atom is -0.497 e. The van der Waals surface area contributed by atoms with E-state index in [0.717, 1.165) is 0 Å². The van der Waals surface area contributed by atoms with Crippen LogP contribution >= 0.6 is 21.6 Å². The van der Waals surface area contributed by atoms with Crippen LogP contribution < -0.4 is 20.1 Å². The van der Waals surface area contributed by atoms with Crippen LogP contribution in [-0.4, -0.2) is 59.1 Å². The maximum absolute atomic E-state index is 13.0. The number of amides is 2. The first-order chi connectivity index (χ1) is 18.9. The number of rotatable bonds is 16. The van der Waals surface area contributed by atoms with Crippen molar-refractivity contribution in [1.29, 1.82) is 0 Å². The topological polar surface area (TPSA) is 151 Å². The van der Waals surface area contributed by atoms with Gasteiger partial charge >= 0.3 is 11.9 Å². The normalized spacial score (nSPS) is 12.5. The number of nitrogens with one attached hydrogen (secondary N) is 2. The van der Waals surface area contributed by atoms with Crippen molar-refractivity contribution in [2.45, 2.75) is 57.5 Å². The molecular formula is C28H36N2O8S2. The van der Waals surface area contributed by atoms with Crippen LogP contribution in [0.4, 0.5) is 0 Å². The average Bonchev–Trinajstić information content (AvgIpc) is 2.89. The molecule has 0 aromatic heterocycles. The van der Waals surface area contributed by atoms with E-state index in [-0.39, 0.29) is 41.1 Å². The van der Waals surface area contributed by atoms with Gasteiger partial charge in [-0.25, -0.2) is 9.59 Å². The first-order valence-corrected chi connectivity index (χ1v) is 15.0. The maximum Gasteiger partial charge on any atom is 0.326 e. The summed E-state index contributed by atoms with van der Waals surface area (Å²) in [6.45, 7) is 7.51. The molecule has 40 heavy (non-hydrogen) atoms. The fourth-order valence-corrected chi connectivity index (χ4v) is 5.52. The van der Waals surface area contributed by atoms with Gasteiger partial charge in [-0.05, 0) is 65.8 Å². The number of carbonyl (C=O) groups is 4. The van der Waals surface area contributed by atoms with Gasteiger partial charge in [-0.3, -0.25) is 9.59 Å². The number of para-hydroxylation sites is 1. The van der Waals surface area contributed by atoms with Crippen LogP contribution in [0.3, 0.4) is 0 Å². The molecule has 0 saturated heterocycles. The van der Waals surface area contributed by atoms with Crippen molar-refractivity contribution in [3.63, 3.8) is 0 Å². The van der Waals surface area contributed by atoms with Crippen LogP contribution in [0.15, 0.2) is 47.4 Å². The van der Waals surface area contributed by atoms with Crippen molar-refractivity contribution in [1.82, 2.24) is 10.6 Å². The summed E-state index contributed by atoms with van der Waals surface area (Å²) >= 11 is 0. The van der Waals surface area contributed by atoms with Crippen LogP contribution in [0.2, 0.25) is 0 Å². The molecule has 0 bridgehead atoms. The number of benzene rings is 2. The molecule has 0 aliphatic carbocycles. The van der Waals surface area contributed by atoms with E-state index >= 15 is 0 Å². The number of hydrogen-bond donors (Lipinski definition) is 4. The number of methoxy groups -OCH3 is 1. The number of ether oxygens (including phenoxy) is 2. The lowest BCUT2D eigenvalue weighted by Crippen LogP contribution is -2.41. The zero-order chi connectivity index (χ0) is 29.8. The Balaban J connectivity index is 2.10. The molecule has 1 unspecified atom stereocenters. The van der Waals surface area contributed by atoms with Gasteiger partial charge in [0.25, 0.3) is 11.8 Å². The summed E-state index contributed by atoms with van der Waals surface area (Å²) in [5.74, 6) is -2.32. The van der Waals surface area contributed by atoms with Crippen LogP contribution in [0.1, 0.15) is 61.3 Å². The van der Waals surface area contributed by atoms with Crippen molar-refractivity contribution in [3.05, 3.63) is 53.6 Å². The number of carboxylic acids is 2. The van der Waals surface area contributed by atoms with Crippen molar-refractivity contribution >= 4 is 45.3 Å². The van der Waals surface area contributed by atoms with Crippen LogP contribution in [-0.2, 0) is 9.59 Å². The zero-order valence-corrected chi connectivity index (χ0v) is 24.8. The number of carboxylic acid groups (broad SMARTS) is 2. The summed E-state index contributed by atoms with van der Waals surface area (Å²) in [6.07, 6.45) is 0.576. The Morgan fingerprint density at radius 1 is 0.825 bits per heavy atom. The van der Waals surface area contributed by atoms with E-state index in [1.807, 2.05) is 27.7 Å². The summed E-state index contributed by atoms with van der Waals surface area (Å²) in [5.41, 5.74) is 0.467. The smallest absolute Gasteiger partial charge is 0.326 e. The molecule has 0 aliphatic heterocycles. The molecule has 0 aliphatic rings. The number of hydrogen-bond acceptors (Lipinski definition) is 8. The third-order valence-corrected chi connectivity index (χ3v) is 7.64. The molecule has 4 N–H and O–H groups in total. The molecule has 0 heterocycles. The number of aliphatic carboxylic acids is 2. The van der Waals surface area contributed by atoms with Crippen molar-refractivity contribution in [2.24, 2.45) is 11.8 Å². The molecule has 0 saturated carbocycles. The Morgan fingerprint density at radius 3 is 1.90 bits per heavy atom. The van der Waals surface area contributed by atoms with Gasteiger partial charge in [0, 0.05) is 4.90 Å². The van der Waals surface area contributed by atoms with E-state index in [1.54, 1.807) is 42.5 Å². The Bertz CT molecular complexity index is 1190. The molecule has 0 spiro atoms. The van der Waals surface area contributed by atoms with Gasteiger partial charge in [0.05, 0.1) is 18.2 Å². The SMILES string of the molecule is COc1ccc(SSCOc2ccccc2C(=O)N[C@H](CC(C)C)C(=O)O)c(C(=O)NC(CC(C)C)C(=O)O)c1. The van der Waals surface area contributed by atoms with E-state index in [4.69, 9.17) is 9.47 Å². The lowest BCUT2D eigenvalue weighted by molar-refractivity contribution is -0.140. The first kappa shape index (κ1) is 32.8. The average molecular weight is 593 g/mol. The van der Waals surface area contributed by atoms with Crippen LogP contribution in [0.25, 0.3) is 0 Å². The molecule has 2 amide bonds. The summed E-state index contributed by atoms with van der Waals surface area (Å²) in [4.78, 5) is 49.7. The first-order valence-electron chi connectivity index (χ1n) is 12.7. The molecule has 0 fully saturated rings. The second-order valence-corrected chi connectivity index (χ2v) is 12.1. The third kappa shape index (κ3) is 10.3. The van der Waals surface area contributed by atoms with E-state index in [0.29, 0.717) is 17.1 Å². The molecule has 2 aromatic carbocycles. The lowest BCUT2D eigenvalue weighted by Gasteiger charge is -2.18. The van der Waals surface area contributed by atoms with Gasteiger partial charge < -0.3 is 30.3 Å². The van der Waals surface area contributed by atoms with Gasteiger partial charge in [0.15, 0.2) is 0 Å². The zero-order valence-electron chi connectivity index (χ0n) is 23.1. The highest BCUT2D eigenvalue weighted by atomic mass is 33.1. The highest BCUT2D eigenvalue weighted by molar-refractivity contribution is 8.76. The highest BCUT2D eigenvalue weighted by Crippen LogP contribution is 2.36. The Hall–Kier alpha value is -3.38. The second kappa shape index (κ2) is 16.0. The molecule has 2 aromatic rings. The van der Waals surface area contributed by atoms with Crippen LogP contribution in [0.5, 0.6) is 11.5 Å². The van der Waals surface area contributed by atoms with Crippen molar-refractivity contribution < 1.29 is 38.9 Å². The number of carbonyl (C=O) groups excluding carboxylic acids is 2. The standard InChI is InChI=1S/C28H36N2O8S2/c1-16(2)12-21(27(33)34)29-25(31)19-8-6-7-9-23(19)38-15-39-40-24-11-10-18(37-5)14-20(24)26(32)30-22(28(35)36)13-17(3)4/h6-11,14,16-17,21-22H,12-13,15H2,1-5H3,(H,29,31)(H,30,32)(H,33,34)(H,35,36)/t21-,22?/m1/s1. The van der Waals surface area contributed by atoms with Crippen molar-refractivity contribution in [3.8, 4) is 11.5 Å². The largest absolute Gasteiger partial charge is 0.497 e. The minimum atomic E-state index is -1.11. The predicted molar refractivity (Wildman–Crippen MR) is 155 cm³/mol. The van der Waals surface area contributed by atoms with Gasteiger partial charge in [0.1, 0.15) is 29.5 Å². The molecule has 0 radical (unpaired) electrons. The summed E-state index contributed by atoms with van der Waals surface area (Å²) < 4.78 is 11.1. The lowest BCUT2D eigenvalue weighted by atomic mass is 10.0. The summed E-state index contributed by atoms with van der Waals surface area (Å²) in [5, 5.41) is 24.1. The fraction of sp³-hybridized carbons (Fsp3) is 0.429. The van der Waals surface area contributed by atoms with E-state index in [2.05, 4.69) is 10.6 Å². The third-order valence-electron chi connectivity index (χ3n) is 5.60. The molecule has 2 atom stereocenters. The quantitative estimate of drug-likeness (QED) is 0.120. The maximum atomic E-state index is 13.0. The molecule has 10 nitrogen and oxygen atoms in total. The molecule has 12 heteroatoms. The second-order valence-electron chi connectivity index (χ2n) is 9.81. The van der Waals surface area contributed by atoms with E-state index in [1.165, 1.54) is 28.7 Å². The van der Waals surface area contributed by atoms with E-state index < -0.39 is 35.8 Å².